The Balaban J connectivity index is 2.52. The van der Waals surface area contributed by atoms with E-state index >= 15 is 0 Å². The fraction of sp³-hybridized carbons (Fsp3) is 0.867. The minimum absolute atomic E-state index is 0.0602. The van der Waals surface area contributed by atoms with Crippen molar-refractivity contribution in [2.45, 2.75) is 54.6 Å². The molecule has 1 fully saturated rings. The molecule has 2 unspecified atom stereocenters. The molecule has 4 nitrogen and oxygen atoms in total. The first-order chi connectivity index (χ1) is 8.48. The second kappa shape index (κ2) is 5.14. The maximum atomic E-state index is 11.9. The molecule has 0 saturated heterocycles. The molecule has 0 bridgehead atoms. The van der Waals surface area contributed by atoms with Crippen LogP contribution < -0.4 is 0 Å². The largest absolute Gasteiger partial charge is 0.465 e. The molecule has 0 amide bonds. The first kappa shape index (κ1) is 16.0. The molecule has 1 rings (SSSR count). The maximum Gasteiger partial charge on any atom is 0.311 e. The van der Waals surface area contributed by atoms with Gasteiger partial charge in [-0.3, -0.25) is 9.59 Å². The van der Waals surface area contributed by atoms with E-state index in [0.717, 1.165) is 0 Å². The molecule has 0 aromatic carbocycles. The normalized spacial score (nSPS) is 25.1. The molecule has 110 valence electrons. The summed E-state index contributed by atoms with van der Waals surface area (Å²) in [6.07, 6.45) is -0.110. The molecular formula is C15H26O4. The van der Waals surface area contributed by atoms with E-state index in [4.69, 9.17) is 9.47 Å². The monoisotopic (exact) mass is 270 g/mol. The van der Waals surface area contributed by atoms with Crippen LogP contribution in [0.25, 0.3) is 0 Å². The molecule has 1 aliphatic carbocycles. The fourth-order valence-electron chi connectivity index (χ4n) is 2.21. The maximum absolute atomic E-state index is 11.9. The lowest BCUT2D eigenvalue weighted by atomic mass is 9.97. The molecule has 1 saturated carbocycles. The molecular weight excluding hydrogens is 244 g/mol. The van der Waals surface area contributed by atoms with Gasteiger partial charge in [0.1, 0.15) is 0 Å². The quantitative estimate of drug-likeness (QED) is 0.737. The van der Waals surface area contributed by atoms with Crippen LogP contribution >= 0.6 is 0 Å². The predicted molar refractivity (Wildman–Crippen MR) is 72.4 cm³/mol. The Labute approximate surface area is 115 Å². The second-order valence-electron chi connectivity index (χ2n) is 7.24. The van der Waals surface area contributed by atoms with Gasteiger partial charge in [-0.2, -0.15) is 0 Å². The average molecular weight is 270 g/mol. The van der Waals surface area contributed by atoms with Crippen LogP contribution in [0.3, 0.4) is 0 Å². The highest BCUT2D eigenvalue weighted by atomic mass is 16.5. The molecule has 0 radical (unpaired) electrons. The van der Waals surface area contributed by atoms with E-state index < -0.39 is 5.41 Å². The zero-order chi connectivity index (χ0) is 15.0. The minimum atomic E-state index is -0.507. The first-order valence-corrected chi connectivity index (χ1v) is 6.85. The molecule has 4 heteroatoms. The molecule has 0 aromatic rings. The van der Waals surface area contributed by atoms with Crippen LogP contribution in [-0.2, 0) is 19.1 Å². The summed E-state index contributed by atoms with van der Waals surface area (Å²) in [4.78, 5) is 23.6. The summed E-state index contributed by atoms with van der Waals surface area (Å²) in [6, 6.07) is 0. The van der Waals surface area contributed by atoms with Gasteiger partial charge in [0.05, 0.1) is 24.0 Å². The van der Waals surface area contributed by atoms with Crippen LogP contribution in [0.4, 0.5) is 0 Å². The van der Waals surface area contributed by atoms with E-state index in [1.165, 1.54) is 0 Å². The van der Waals surface area contributed by atoms with Crippen LogP contribution in [0.1, 0.15) is 48.5 Å². The SMILES string of the molecule is CC(C)OC(=O)C1C(COC(=O)C(C)(C)C)C1(C)C. The minimum Gasteiger partial charge on any atom is -0.465 e. The number of rotatable bonds is 4. The number of ether oxygens (including phenoxy) is 2. The van der Waals surface area contributed by atoms with E-state index in [1.54, 1.807) is 0 Å². The van der Waals surface area contributed by atoms with E-state index in [2.05, 4.69) is 0 Å². The van der Waals surface area contributed by atoms with Crippen LogP contribution in [0, 0.1) is 22.7 Å². The van der Waals surface area contributed by atoms with Crippen molar-refractivity contribution in [1.82, 2.24) is 0 Å². The third-order valence-corrected chi connectivity index (χ3v) is 3.66. The summed E-state index contributed by atoms with van der Waals surface area (Å²) in [5.74, 6) is -0.518. The fourth-order valence-corrected chi connectivity index (χ4v) is 2.21. The highest BCUT2D eigenvalue weighted by Gasteiger charge is 2.63. The van der Waals surface area contributed by atoms with Crippen molar-refractivity contribution in [1.29, 1.82) is 0 Å². The van der Waals surface area contributed by atoms with Gasteiger partial charge in [0.25, 0.3) is 0 Å². The van der Waals surface area contributed by atoms with Crippen molar-refractivity contribution in [2.24, 2.45) is 22.7 Å². The molecule has 0 aliphatic heterocycles. The third-order valence-electron chi connectivity index (χ3n) is 3.66. The van der Waals surface area contributed by atoms with E-state index in [9.17, 15) is 9.59 Å². The van der Waals surface area contributed by atoms with Crippen molar-refractivity contribution in [3.8, 4) is 0 Å². The van der Waals surface area contributed by atoms with Gasteiger partial charge in [-0.25, -0.2) is 0 Å². The van der Waals surface area contributed by atoms with Crippen molar-refractivity contribution in [3.05, 3.63) is 0 Å². The van der Waals surface area contributed by atoms with Crippen molar-refractivity contribution >= 4 is 11.9 Å². The Kier molecular flexibility index (Phi) is 4.33. The lowest BCUT2D eigenvalue weighted by Crippen LogP contribution is -2.24. The van der Waals surface area contributed by atoms with E-state index in [-0.39, 0.29) is 35.3 Å². The van der Waals surface area contributed by atoms with E-state index in [0.29, 0.717) is 6.61 Å². The predicted octanol–water partition coefficient (Wildman–Crippen LogP) is 2.80. The Morgan fingerprint density at radius 1 is 1.21 bits per heavy atom. The van der Waals surface area contributed by atoms with Gasteiger partial charge in [0, 0.05) is 5.92 Å². The second-order valence-corrected chi connectivity index (χ2v) is 7.24. The highest BCUT2D eigenvalue weighted by Crippen LogP contribution is 2.58. The van der Waals surface area contributed by atoms with Gasteiger partial charge >= 0.3 is 11.9 Å². The summed E-state index contributed by atoms with van der Waals surface area (Å²) < 4.78 is 10.5. The molecule has 0 aromatic heterocycles. The Morgan fingerprint density at radius 3 is 2.16 bits per heavy atom. The highest BCUT2D eigenvalue weighted by molar-refractivity contribution is 5.78. The van der Waals surface area contributed by atoms with Gasteiger partial charge in [-0.15, -0.1) is 0 Å². The number of esters is 2. The van der Waals surface area contributed by atoms with Crippen LogP contribution in [-0.4, -0.2) is 24.6 Å². The number of hydrogen-bond donors (Lipinski definition) is 0. The van der Waals surface area contributed by atoms with E-state index in [1.807, 2.05) is 48.5 Å². The number of carbonyl (C=O) groups is 2. The number of carbonyl (C=O) groups excluding carboxylic acids is 2. The van der Waals surface area contributed by atoms with Gasteiger partial charge in [0.2, 0.25) is 0 Å². The summed E-state index contributed by atoms with van der Waals surface area (Å²) in [6.45, 7) is 13.4. The number of hydrogen-bond acceptors (Lipinski definition) is 4. The smallest absolute Gasteiger partial charge is 0.311 e. The topological polar surface area (TPSA) is 52.6 Å². The average Bonchev–Trinajstić information content (AvgIpc) is 2.74. The van der Waals surface area contributed by atoms with Crippen molar-refractivity contribution in [2.75, 3.05) is 6.61 Å². The van der Waals surface area contributed by atoms with Crippen molar-refractivity contribution < 1.29 is 19.1 Å². The van der Waals surface area contributed by atoms with Gasteiger partial charge in [-0.05, 0) is 40.0 Å². The Morgan fingerprint density at radius 2 is 1.74 bits per heavy atom. The first-order valence-electron chi connectivity index (χ1n) is 6.85. The summed E-state index contributed by atoms with van der Waals surface area (Å²) >= 11 is 0. The van der Waals surface area contributed by atoms with Gasteiger partial charge < -0.3 is 9.47 Å². The summed E-state index contributed by atoms with van der Waals surface area (Å²) in [7, 11) is 0. The Bertz CT molecular complexity index is 363. The molecule has 0 heterocycles. The lowest BCUT2D eigenvalue weighted by molar-refractivity contribution is -0.155. The molecule has 0 N–H and O–H groups in total. The van der Waals surface area contributed by atoms with Gasteiger partial charge in [-0.1, -0.05) is 13.8 Å². The molecule has 1 aliphatic rings. The standard InChI is InChI=1S/C15H26O4/c1-9(2)19-12(16)11-10(15(11,6)7)8-18-13(17)14(3,4)5/h9-11H,8H2,1-7H3. The molecule has 19 heavy (non-hydrogen) atoms. The van der Waals surface area contributed by atoms with Crippen molar-refractivity contribution in [3.63, 3.8) is 0 Å². The molecule has 0 spiro atoms. The van der Waals surface area contributed by atoms with Gasteiger partial charge in [0.15, 0.2) is 0 Å². The molecule has 2 atom stereocenters. The zero-order valence-electron chi connectivity index (χ0n) is 13.1. The van der Waals surface area contributed by atoms with Crippen LogP contribution in [0.5, 0.6) is 0 Å². The Hall–Kier alpha value is -1.06. The summed E-state index contributed by atoms with van der Waals surface area (Å²) in [5.41, 5.74) is -0.656. The van der Waals surface area contributed by atoms with Crippen LogP contribution in [0.2, 0.25) is 0 Å². The lowest BCUT2D eigenvalue weighted by Gasteiger charge is -2.16. The zero-order valence-corrected chi connectivity index (χ0v) is 13.1. The summed E-state index contributed by atoms with van der Waals surface area (Å²) in [5, 5.41) is 0. The van der Waals surface area contributed by atoms with Crippen LogP contribution in [0.15, 0.2) is 0 Å². The third kappa shape index (κ3) is 3.71.